The van der Waals surface area contributed by atoms with Crippen molar-refractivity contribution < 1.29 is 14.1 Å². The second kappa shape index (κ2) is 8.35. The zero-order valence-electron chi connectivity index (χ0n) is 18.6. The third kappa shape index (κ3) is 4.21. The van der Waals surface area contributed by atoms with Crippen LogP contribution in [0.5, 0.6) is 0 Å². The highest BCUT2D eigenvalue weighted by Gasteiger charge is 2.42. The minimum absolute atomic E-state index is 0.00892. The van der Waals surface area contributed by atoms with Crippen LogP contribution in [0.15, 0.2) is 65.0 Å². The molecule has 0 bridgehead atoms. The number of Topliss-reactive ketones (excluding diaryl/α,β-unsaturated/α-hetero) is 1. The fraction of sp³-hybridized carbons (Fsp3) is 0.292. The predicted octanol–water partition coefficient (Wildman–Crippen LogP) is 5.28. The second-order valence-electron chi connectivity index (χ2n) is 9.29. The molecule has 5 rings (SSSR count). The average molecular weight is 480 g/mol. The van der Waals surface area contributed by atoms with Crippen molar-refractivity contribution in [3.63, 3.8) is 0 Å². The van der Waals surface area contributed by atoms with Gasteiger partial charge in [0, 0.05) is 35.6 Å². The number of thioether (sulfide) groups is 1. The zero-order valence-corrected chi connectivity index (χ0v) is 19.4. The number of nitro benzene ring substituents is 1. The van der Waals surface area contributed by atoms with Gasteiger partial charge < -0.3 is 5.32 Å². The van der Waals surface area contributed by atoms with Gasteiger partial charge in [-0.2, -0.15) is 4.98 Å². The summed E-state index contributed by atoms with van der Waals surface area (Å²) in [4.78, 5) is 28.8. The Morgan fingerprint density at radius 2 is 2.03 bits per heavy atom. The Labute approximate surface area is 199 Å². The Bertz CT molecular complexity index is 1350. The molecule has 0 radical (unpaired) electrons. The number of anilines is 1. The summed E-state index contributed by atoms with van der Waals surface area (Å²) in [5.41, 5.74) is 2.48. The zero-order chi connectivity index (χ0) is 24.0. The smallest absolute Gasteiger partial charge is 0.269 e. The molecule has 0 saturated carbocycles. The first-order chi connectivity index (χ1) is 16.2. The van der Waals surface area contributed by atoms with E-state index in [2.05, 4.69) is 15.4 Å². The second-order valence-corrected chi connectivity index (χ2v) is 10.2. The van der Waals surface area contributed by atoms with E-state index in [0.717, 1.165) is 11.3 Å². The number of carbonyl (C=O) groups is 1. The Morgan fingerprint density at radius 3 is 2.79 bits per heavy atom. The SMILES string of the molecule is CC1(C)CC(=O)C2=C(C1)Nc1nc(SCc3cccc(F)c3)nn1[C@H]2c1cccc([N+](=O)[O-])c1. The standard InChI is InChI=1S/C24H22FN5O3S/c1-24(2)11-18-20(19(31)12-24)21(15-6-4-8-17(10-15)30(32)33)29-22(26-18)27-23(28-29)34-13-14-5-3-7-16(25)9-14/h3-10,21H,11-13H2,1-2H3,(H,26,27,28)/t21-/m0/s1. The van der Waals surface area contributed by atoms with Gasteiger partial charge in [0.15, 0.2) is 5.78 Å². The van der Waals surface area contributed by atoms with Crippen LogP contribution in [0.25, 0.3) is 0 Å². The van der Waals surface area contributed by atoms with E-state index in [1.54, 1.807) is 22.9 Å². The van der Waals surface area contributed by atoms with Crippen molar-refractivity contribution in [1.82, 2.24) is 14.8 Å². The van der Waals surface area contributed by atoms with Crippen LogP contribution < -0.4 is 5.32 Å². The maximum Gasteiger partial charge on any atom is 0.269 e. The molecule has 0 unspecified atom stereocenters. The van der Waals surface area contributed by atoms with Gasteiger partial charge >= 0.3 is 0 Å². The number of rotatable bonds is 5. The van der Waals surface area contributed by atoms with Crippen molar-refractivity contribution in [2.75, 3.05) is 5.32 Å². The topological polar surface area (TPSA) is 103 Å². The van der Waals surface area contributed by atoms with Crippen molar-refractivity contribution in [1.29, 1.82) is 0 Å². The maximum atomic E-state index is 13.5. The summed E-state index contributed by atoms with van der Waals surface area (Å²) in [5.74, 6) is 0.635. The van der Waals surface area contributed by atoms with Gasteiger partial charge in [0.05, 0.1) is 4.92 Å². The molecule has 1 aliphatic carbocycles. The largest absolute Gasteiger partial charge is 0.328 e. The molecule has 2 aromatic carbocycles. The number of hydrogen-bond acceptors (Lipinski definition) is 7. The van der Waals surface area contributed by atoms with E-state index in [0.29, 0.717) is 40.8 Å². The molecular weight excluding hydrogens is 457 g/mol. The minimum atomic E-state index is -0.620. The van der Waals surface area contributed by atoms with Gasteiger partial charge in [-0.05, 0) is 35.1 Å². The highest BCUT2D eigenvalue weighted by atomic mass is 32.2. The van der Waals surface area contributed by atoms with Gasteiger partial charge in [0.25, 0.3) is 5.69 Å². The van der Waals surface area contributed by atoms with Crippen LogP contribution in [-0.4, -0.2) is 25.5 Å². The summed E-state index contributed by atoms with van der Waals surface area (Å²) in [6.45, 7) is 4.08. The molecule has 8 nitrogen and oxygen atoms in total. The van der Waals surface area contributed by atoms with Crippen LogP contribution in [0.4, 0.5) is 16.0 Å². The van der Waals surface area contributed by atoms with E-state index < -0.39 is 11.0 Å². The van der Waals surface area contributed by atoms with Crippen LogP contribution in [-0.2, 0) is 10.5 Å². The summed E-state index contributed by atoms with van der Waals surface area (Å²) >= 11 is 1.35. The van der Waals surface area contributed by atoms with Crippen molar-refractivity contribution in [2.45, 2.75) is 43.6 Å². The fourth-order valence-electron chi connectivity index (χ4n) is 4.54. The Morgan fingerprint density at radius 1 is 1.24 bits per heavy atom. The quantitative estimate of drug-likeness (QED) is 0.302. The highest BCUT2D eigenvalue weighted by Crippen LogP contribution is 2.46. The Hall–Kier alpha value is -3.53. The average Bonchev–Trinajstić information content (AvgIpc) is 3.18. The molecule has 1 atom stereocenters. The number of benzene rings is 2. The highest BCUT2D eigenvalue weighted by molar-refractivity contribution is 7.98. The van der Waals surface area contributed by atoms with E-state index in [-0.39, 0.29) is 22.7 Å². The number of nitrogens with one attached hydrogen (secondary N) is 1. The van der Waals surface area contributed by atoms with Gasteiger partial charge in [-0.1, -0.05) is 49.9 Å². The molecule has 2 aliphatic rings. The summed E-state index contributed by atoms with van der Waals surface area (Å²) in [6.07, 6.45) is 1.03. The van der Waals surface area contributed by atoms with Crippen LogP contribution in [0.3, 0.4) is 0 Å². The monoisotopic (exact) mass is 479 g/mol. The third-order valence-corrected chi connectivity index (χ3v) is 6.88. The number of non-ortho nitro benzene ring substituents is 1. The molecule has 34 heavy (non-hydrogen) atoms. The molecule has 0 saturated heterocycles. The number of allylic oxidation sites excluding steroid dienone is 2. The van der Waals surface area contributed by atoms with E-state index in [9.17, 15) is 19.3 Å². The number of carbonyl (C=O) groups excluding carboxylic acids is 1. The molecule has 0 fully saturated rings. The first kappa shape index (κ1) is 22.3. The lowest BCUT2D eigenvalue weighted by molar-refractivity contribution is -0.384. The van der Waals surface area contributed by atoms with Crippen LogP contribution in [0.1, 0.15) is 43.9 Å². The van der Waals surface area contributed by atoms with Crippen molar-refractivity contribution >= 4 is 29.2 Å². The Kier molecular flexibility index (Phi) is 5.47. The molecule has 1 aliphatic heterocycles. The van der Waals surface area contributed by atoms with Gasteiger partial charge in [-0.15, -0.1) is 5.10 Å². The maximum absolute atomic E-state index is 13.5. The molecule has 0 amide bonds. The van der Waals surface area contributed by atoms with Crippen molar-refractivity contribution in [3.05, 3.63) is 86.9 Å². The van der Waals surface area contributed by atoms with Gasteiger partial charge in [0.1, 0.15) is 11.9 Å². The number of halogens is 1. The van der Waals surface area contributed by atoms with E-state index in [1.807, 2.05) is 19.9 Å². The van der Waals surface area contributed by atoms with E-state index in [4.69, 9.17) is 0 Å². The first-order valence-corrected chi connectivity index (χ1v) is 11.8. The first-order valence-electron chi connectivity index (χ1n) is 10.8. The van der Waals surface area contributed by atoms with Crippen molar-refractivity contribution in [2.24, 2.45) is 5.41 Å². The lowest BCUT2D eigenvalue weighted by atomic mass is 9.73. The fourth-order valence-corrected chi connectivity index (χ4v) is 5.31. The molecule has 0 spiro atoms. The summed E-state index contributed by atoms with van der Waals surface area (Å²) in [7, 11) is 0. The summed E-state index contributed by atoms with van der Waals surface area (Å²) < 4.78 is 15.2. The number of nitro groups is 1. The van der Waals surface area contributed by atoms with Crippen LogP contribution >= 0.6 is 11.8 Å². The molecule has 1 aromatic heterocycles. The summed E-state index contributed by atoms with van der Waals surface area (Å²) in [6, 6.07) is 12.0. The number of ketones is 1. The van der Waals surface area contributed by atoms with Crippen LogP contribution in [0.2, 0.25) is 0 Å². The lowest BCUT2D eigenvalue weighted by Gasteiger charge is -2.38. The number of nitrogens with zero attached hydrogens (tertiary/aromatic N) is 4. The van der Waals surface area contributed by atoms with E-state index >= 15 is 0 Å². The van der Waals surface area contributed by atoms with Crippen LogP contribution in [0, 0.1) is 21.3 Å². The predicted molar refractivity (Wildman–Crippen MR) is 126 cm³/mol. The number of fused-ring (bicyclic) bond motifs is 1. The number of aromatic nitrogens is 3. The number of hydrogen-bond donors (Lipinski definition) is 1. The molecule has 2 heterocycles. The molecule has 174 valence electrons. The minimum Gasteiger partial charge on any atom is -0.328 e. The molecule has 10 heteroatoms. The lowest BCUT2D eigenvalue weighted by Crippen LogP contribution is -2.36. The molecule has 3 aromatic rings. The van der Waals surface area contributed by atoms with Gasteiger partial charge in [-0.25, -0.2) is 9.07 Å². The van der Waals surface area contributed by atoms with Gasteiger partial charge in [-0.3, -0.25) is 14.9 Å². The van der Waals surface area contributed by atoms with Gasteiger partial charge in [0.2, 0.25) is 11.1 Å². The normalized spacial score (nSPS) is 18.8. The van der Waals surface area contributed by atoms with Crippen molar-refractivity contribution in [3.8, 4) is 0 Å². The molecular formula is C24H22FN5O3S. The summed E-state index contributed by atoms with van der Waals surface area (Å²) in [5, 5.41) is 19.8. The third-order valence-electron chi connectivity index (χ3n) is 5.97. The molecule has 1 N–H and O–H groups in total. The van der Waals surface area contributed by atoms with E-state index in [1.165, 1.54) is 36.0 Å². The Balaban J connectivity index is 1.55.